The van der Waals surface area contributed by atoms with Gasteiger partial charge in [0.25, 0.3) is 0 Å². The van der Waals surface area contributed by atoms with Gasteiger partial charge in [0.05, 0.1) is 23.6 Å². The van der Waals surface area contributed by atoms with E-state index in [1.54, 1.807) is 13.3 Å². The van der Waals surface area contributed by atoms with Crippen LogP contribution in [0.5, 0.6) is 0 Å². The molecule has 0 atom stereocenters. The van der Waals surface area contributed by atoms with Gasteiger partial charge in [0.2, 0.25) is 0 Å². The minimum atomic E-state index is 0.517. The summed E-state index contributed by atoms with van der Waals surface area (Å²) in [5.74, 6) is 1.67. The van der Waals surface area contributed by atoms with Gasteiger partial charge in [-0.05, 0) is 37.1 Å². The van der Waals surface area contributed by atoms with E-state index >= 15 is 0 Å². The number of aromatic nitrogens is 2. The predicted octanol–water partition coefficient (Wildman–Crippen LogP) is 2.79. The number of nitrogens with one attached hydrogen (secondary N) is 2. The Morgan fingerprint density at radius 2 is 2.00 bits per heavy atom. The van der Waals surface area contributed by atoms with Crippen LogP contribution in [-0.2, 0) is 17.9 Å². The first-order valence-electron chi connectivity index (χ1n) is 9.31. The molecule has 144 valence electrons. The van der Waals surface area contributed by atoms with Gasteiger partial charge in [0, 0.05) is 33.3 Å². The molecule has 1 aromatic carbocycles. The van der Waals surface area contributed by atoms with Gasteiger partial charge in [-0.2, -0.15) is 0 Å². The van der Waals surface area contributed by atoms with Gasteiger partial charge in [-0.3, -0.25) is 4.99 Å². The van der Waals surface area contributed by atoms with Crippen molar-refractivity contribution in [3.63, 3.8) is 0 Å². The Morgan fingerprint density at radius 3 is 2.81 bits per heavy atom. The van der Waals surface area contributed by atoms with Gasteiger partial charge >= 0.3 is 0 Å². The molecular weight excluding hydrogens is 342 g/mol. The molecule has 2 N–H and O–H groups in total. The Bertz CT molecular complexity index is 826. The third-order valence-electron chi connectivity index (χ3n) is 4.20. The fraction of sp³-hybridized carbons (Fsp3) is 0.400. The van der Waals surface area contributed by atoms with E-state index in [0.717, 1.165) is 49.7 Å². The van der Waals surface area contributed by atoms with Gasteiger partial charge in [0.1, 0.15) is 12.4 Å². The Kier molecular flexibility index (Phi) is 7.29. The number of benzene rings is 1. The van der Waals surface area contributed by atoms with Crippen LogP contribution in [0.1, 0.15) is 18.6 Å². The third-order valence-corrected chi connectivity index (χ3v) is 4.20. The van der Waals surface area contributed by atoms with E-state index in [9.17, 15) is 0 Å². The fourth-order valence-corrected chi connectivity index (χ4v) is 2.81. The highest BCUT2D eigenvalue weighted by molar-refractivity contribution is 5.79. The zero-order chi connectivity index (χ0) is 18.7. The number of hydrogen-bond donors (Lipinski definition) is 2. The number of fused-ring (bicyclic) bond motifs is 1. The molecule has 0 bridgehead atoms. The van der Waals surface area contributed by atoms with Gasteiger partial charge < -0.3 is 24.4 Å². The average molecular weight is 369 g/mol. The second kappa shape index (κ2) is 10.4. The summed E-state index contributed by atoms with van der Waals surface area (Å²) in [6.45, 7) is 3.78. The summed E-state index contributed by atoms with van der Waals surface area (Å²) >= 11 is 0. The average Bonchev–Trinajstić information content (AvgIpc) is 3.36. The van der Waals surface area contributed by atoms with Crippen LogP contribution < -0.4 is 10.6 Å². The van der Waals surface area contributed by atoms with Gasteiger partial charge in [0.15, 0.2) is 5.96 Å². The van der Waals surface area contributed by atoms with Crippen molar-refractivity contribution in [2.24, 2.45) is 4.99 Å². The molecule has 0 aliphatic rings. The number of guanidine groups is 1. The smallest absolute Gasteiger partial charge is 0.190 e. The Balaban J connectivity index is 1.26. The summed E-state index contributed by atoms with van der Waals surface area (Å²) in [6.07, 6.45) is 5.46. The van der Waals surface area contributed by atoms with Crippen molar-refractivity contribution in [1.82, 2.24) is 20.2 Å². The highest BCUT2D eigenvalue weighted by Gasteiger charge is 2.02. The summed E-state index contributed by atoms with van der Waals surface area (Å²) < 4.78 is 13.0. The molecule has 2 heterocycles. The minimum Gasteiger partial charge on any atom is -0.467 e. The monoisotopic (exact) mass is 369 g/mol. The van der Waals surface area contributed by atoms with Crippen LogP contribution in [0.4, 0.5) is 0 Å². The van der Waals surface area contributed by atoms with Crippen molar-refractivity contribution >= 4 is 17.0 Å². The van der Waals surface area contributed by atoms with Crippen LogP contribution in [0, 0.1) is 0 Å². The molecule has 0 radical (unpaired) electrons. The molecule has 0 spiro atoms. The fourth-order valence-electron chi connectivity index (χ4n) is 2.81. The molecule has 7 heteroatoms. The molecule has 0 saturated heterocycles. The Morgan fingerprint density at radius 1 is 1.15 bits per heavy atom. The molecule has 27 heavy (non-hydrogen) atoms. The van der Waals surface area contributed by atoms with E-state index in [-0.39, 0.29) is 0 Å². The van der Waals surface area contributed by atoms with Crippen molar-refractivity contribution in [1.29, 1.82) is 0 Å². The van der Waals surface area contributed by atoms with E-state index in [1.807, 2.05) is 36.7 Å². The number of imidazole rings is 1. The van der Waals surface area contributed by atoms with Crippen LogP contribution in [0.3, 0.4) is 0 Å². The number of nitrogens with zero attached hydrogens (tertiary/aromatic N) is 3. The summed E-state index contributed by atoms with van der Waals surface area (Å²) in [4.78, 5) is 8.67. The number of aryl methyl sites for hydroxylation is 1. The first-order valence-corrected chi connectivity index (χ1v) is 9.31. The highest BCUT2D eigenvalue weighted by atomic mass is 16.5. The summed E-state index contributed by atoms with van der Waals surface area (Å²) in [5, 5.41) is 6.65. The van der Waals surface area contributed by atoms with Crippen LogP contribution in [-0.4, -0.2) is 42.3 Å². The molecule has 3 rings (SSSR count). The number of ether oxygens (including phenoxy) is 1. The SMILES string of the molecule is CN=C(NCCCOCc1ccco1)NCCCn1cnc2ccccc21. The Hall–Kier alpha value is -2.80. The molecule has 0 aliphatic heterocycles. The number of furan rings is 1. The lowest BCUT2D eigenvalue weighted by molar-refractivity contribution is 0.105. The van der Waals surface area contributed by atoms with Crippen LogP contribution >= 0.6 is 0 Å². The maximum atomic E-state index is 5.57. The lowest BCUT2D eigenvalue weighted by Crippen LogP contribution is -2.38. The first kappa shape index (κ1) is 19.0. The van der Waals surface area contributed by atoms with Crippen molar-refractivity contribution in [2.45, 2.75) is 26.0 Å². The van der Waals surface area contributed by atoms with Crippen molar-refractivity contribution in [2.75, 3.05) is 26.7 Å². The van der Waals surface area contributed by atoms with Gasteiger partial charge in [-0.15, -0.1) is 0 Å². The molecule has 0 saturated carbocycles. The summed E-state index contributed by atoms with van der Waals surface area (Å²) in [6, 6.07) is 12.0. The summed E-state index contributed by atoms with van der Waals surface area (Å²) in [5.41, 5.74) is 2.21. The Labute approximate surface area is 159 Å². The maximum Gasteiger partial charge on any atom is 0.190 e. The quantitative estimate of drug-likeness (QED) is 0.326. The molecule has 7 nitrogen and oxygen atoms in total. The van der Waals surface area contributed by atoms with Crippen LogP contribution in [0.15, 0.2) is 58.4 Å². The maximum absolute atomic E-state index is 5.57. The molecule has 0 aliphatic carbocycles. The van der Waals surface area contributed by atoms with E-state index in [2.05, 4.69) is 31.2 Å². The van der Waals surface area contributed by atoms with Crippen molar-refractivity contribution in [3.05, 3.63) is 54.7 Å². The highest BCUT2D eigenvalue weighted by Crippen LogP contribution is 2.11. The number of rotatable bonds is 10. The normalized spacial score (nSPS) is 11.8. The molecule has 3 aromatic rings. The second-order valence-electron chi connectivity index (χ2n) is 6.19. The zero-order valence-corrected chi connectivity index (χ0v) is 15.7. The van der Waals surface area contributed by atoms with E-state index in [4.69, 9.17) is 9.15 Å². The summed E-state index contributed by atoms with van der Waals surface area (Å²) in [7, 11) is 1.78. The topological polar surface area (TPSA) is 76.6 Å². The predicted molar refractivity (Wildman–Crippen MR) is 107 cm³/mol. The molecule has 2 aromatic heterocycles. The van der Waals surface area contributed by atoms with Crippen LogP contribution in [0.2, 0.25) is 0 Å². The molecule has 0 amide bonds. The molecular formula is C20H27N5O2. The molecule has 0 fully saturated rings. The van der Waals surface area contributed by atoms with E-state index < -0.39 is 0 Å². The second-order valence-corrected chi connectivity index (χ2v) is 6.19. The standard InChI is InChI=1S/C20H27N5O2/c1-21-20(23-11-6-13-26-15-17-7-4-14-27-17)22-10-5-12-25-16-24-18-8-2-3-9-19(18)25/h2-4,7-9,14,16H,5-6,10-13,15H2,1H3,(H2,21,22,23). The van der Waals surface area contributed by atoms with Gasteiger partial charge in [-0.1, -0.05) is 12.1 Å². The largest absolute Gasteiger partial charge is 0.467 e. The van der Waals surface area contributed by atoms with Crippen molar-refractivity contribution in [3.8, 4) is 0 Å². The lowest BCUT2D eigenvalue weighted by atomic mass is 10.3. The number of aliphatic imine (C=N–C) groups is 1. The zero-order valence-electron chi connectivity index (χ0n) is 15.7. The van der Waals surface area contributed by atoms with E-state index in [1.165, 1.54) is 5.52 Å². The minimum absolute atomic E-state index is 0.517. The molecule has 0 unspecified atom stereocenters. The first-order chi connectivity index (χ1) is 13.4. The van der Waals surface area contributed by atoms with Crippen molar-refractivity contribution < 1.29 is 9.15 Å². The van der Waals surface area contributed by atoms with Gasteiger partial charge in [-0.25, -0.2) is 4.98 Å². The number of para-hydroxylation sites is 2. The number of hydrogen-bond acceptors (Lipinski definition) is 4. The van der Waals surface area contributed by atoms with Crippen LogP contribution in [0.25, 0.3) is 11.0 Å². The van der Waals surface area contributed by atoms with E-state index in [0.29, 0.717) is 13.2 Å². The third kappa shape index (κ3) is 5.86. The lowest BCUT2D eigenvalue weighted by Gasteiger charge is -2.12.